The van der Waals surface area contributed by atoms with Gasteiger partial charge in [0.05, 0.1) is 16.5 Å². The molecular weight excluding hydrogens is 405 g/mol. The van der Waals surface area contributed by atoms with Gasteiger partial charge in [-0.15, -0.1) is 11.6 Å². The monoisotopic (exact) mass is 429 g/mol. The van der Waals surface area contributed by atoms with Gasteiger partial charge in [-0.05, 0) is 40.5 Å². The molecule has 3 rings (SSSR count). The first-order chi connectivity index (χ1) is 13.0. The van der Waals surface area contributed by atoms with Crippen molar-refractivity contribution in [2.75, 3.05) is 19.0 Å². The standard InChI is InChI=1S/C17H25BClN3O5S/c1-16(2)17(3,4)27-18(26-16)12-10-20-15(21-11-12)28(24,25)13-5-7-22(8-6-13)14(23)9-19/h10-11,13H,5-9H2,1-4H3. The lowest BCUT2D eigenvalue weighted by Gasteiger charge is -2.32. The van der Waals surface area contributed by atoms with Crippen LogP contribution in [-0.4, -0.2) is 71.7 Å². The Bertz CT molecular complexity index is 823. The molecule has 28 heavy (non-hydrogen) atoms. The Morgan fingerprint density at radius 3 is 2.14 bits per heavy atom. The number of carbonyl (C=O) groups is 1. The average molecular weight is 430 g/mol. The topological polar surface area (TPSA) is 98.7 Å². The van der Waals surface area contributed by atoms with Crippen LogP contribution in [0.5, 0.6) is 0 Å². The molecule has 1 aromatic rings. The summed E-state index contributed by atoms with van der Waals surface area (Å²) in [6, 6.07) is 0. The number of halogens is 1. The van der Waals surface area contributed by atoms with E-state index in [4.69, 9.17) is 20.9 Å². The van der Waals surface area contributed by atoms with Gasteiger partial charge in [0.15, 0.2) is 0 Å². The minimum Gasteiger partial charge on any atom is -0.399 e. The minimum atomic E-state index is -3.68. The molecule has 3 heterocycles. The van der Waals surface area contributed by atoms with Crippen molar-refractivity contribution in [1.29, 1.82) is 0 Å². The number of hydrogen-bond donors (Lipinski definition) is 0. The first kappa shape index (κ1) is 21.5. The van der Waals surface area contributed by atoms with Crippen molar-refractivity contribution >= 4 is 39.9 Å². The predicted octanol–water partition coefficient (Wildman–Crippen LogP) is 0.779. The van der Waals surface area contributed by atoms with Gasteiger partial charge in [0, 0.05) is 30.9 Å². The summed E-state index contributed by atoms with van der Waals surface area (Å²) in [6.07, 6.45) is 3.56. The van der Waals surface area contributed by atoms with E-state index in [0.717, 1.165) is 0 Å². The zero-order valence-corrected chi connectivity index (χ0v) is 18.1. The predicted molar refractivity (Wildman–Crippen MR) is 105 cm³/mol. The molecule has 11 heteroatoms. The van der Waals surface area contributed by atoms with E-state index in [1.165, 1.54) is 12.4 Å². The fourth-order valence-electron chi connectivity index (χ4n) is 3.22. The summed E-state index contributed by atoms with van der Waals surface area (Å²) in [5.41, 5.74) is -0.437. The molecule has 0 spiro atoms. The van der Waals surface area contributed by atoms with Crippen molar-refractivity contribution in [2.45, 2.75) is 62.1 Å². The number of rotatable bonds is 4. The number of nitrogens with zero attached hydrogens (tertiary/aromatic N) is 3. The summed E-state index contributed by atoms with van der Waals surface area (Å²) in [7, 11) is -4.33. The van der Waals surface area contributed by atoms with Gasteiger partial charge in [-0.2, -0.15) is 0 Å². The second-order valence-electron chi connectivity index (χ2n) is 8.15. The highest BCUT2D eigenvalue weighted by Crippen LogP contribution is 2.36. The van der Waals surface area contributed by atoms with E-state index in [1.807, 2.05) is 27.7 Å². The van der Waals surface area contributed by atoms with E-state index in [0.29, 0.717) is 31.4 Å². The summed E-state index contributed by atoms with van der Waals surface area (Å²) in [5.74, 6) is -0.276. The number of sulfone groups is 1. The summed E-state index contributed by atoms with van der Waals surface area (Å²) >= 11 is 5.56. The molecule has 0 aromatic carbocycles. The van der Waals surface area contributed by atoms with Gasteiger partial charge < -0.3 is 14.2 Å². The Kier molecular flexibility index (Phi) is 5.79. The Balaban J connectivity index is 1.71. The van der Waals surface area contributed by atoms with Crippen molar-refractivity contribution in [1.82, 2.24) is 14.9 Å². The number of aromatic nitrogens is 2. The summed E-state index contributed by atoms with van der Waals surface area (Å²) in [4.78, 5) is 21.4. The van der Waals surface area contributed by atoms with E-state index in [1.54, 1.807) is 4.90 Å². The Morgan fingerprint density at radius 1 is 1.18 bits per heavy atom. The average Bonchev–Trinajstić information content (AvgIpc) is 2.88. The van der Waals surface area contributed by atoms with Crippen LogP contribution in [0.1, 0.15) is 40.5 Å². The maximum atomic E-state index is 12.9. The van der Waals surface area contributed by atoms with Gasteiger partial charge in [0.25, 0.3) is 0 Å². The first-order valence-corrected chi connectivity index (χ1v) is 11.3. The minimum absolute atomic E-state index is 0.0963. The lowest BCUT2D eigenvalue weighted by Crippen LogP contribution is -2.43. The van der Waals surface area contributed by atoms with E-state index in [2.05, 4.69) is 9.97 Å². The van der Waals surface area contributed by atoms with Gasteiger partial charge in [0.2, 0.25) is 20.9 Å². The highest BCUT2D eigenvalue weighted by atomic mass is 35.5. The number of hydrogen-bond acceptors (Lipinski definition) is 7. The van der Waals surface area contributed by atoms with Crippen LogP contribution >= 0.6 is 11.6 Å². The lowest BCUT2D eigenvalue weighted by atomic mass is 9.81. The first-order valence-electron chi connectivity index (χ1n) is 9.23. The van der Waals surface area contributed by atoms with Crippen molar-refractivity contribution < 1.29 is 22.5 Å². The molecule has 0 atom stereocenters. The van der Waals surface area contributed by atoms with E-state index in [9.17, 15) is 13.2 Å². The Labute approximate surface area is 171 Å². The third-order valence-electron chi connectivity index (χ3n) is 5.78. The van der Waals surface area contributed by atoms with Crippen LogP contribution in [0.3, 0.4) is 0 Å². The molecule has 2 aliphatic rings. The Hall–Kier alpha value is -1.23. The van der Waals surface area contributed by atoms with Crippen molar-refractivity contribution in [2.24, 2.45) is 0 Å². The van der Waals surface area contributed by atoms with E-state index < -0.39 is 33.4 Å². The van der Waals surface area contributed by atoms with Crippen LogP contribution in [0.15, 0.2) is 17.6 Å². The molecular formula is C17H25BClN3O5S. The second kappa shape index (κ2) is 7.55. The molecule has 1 aromatic heterocycles. The van der Waals surface area contributed by atoms with Crippen molar-refractivity contribution in [3.63, 3.8) is 0 Å². The zero-order chi connectivity index (χ0) is 20.7. The van der Waals surface area contributed by atoms with Crippen LogP contribution < -0.4 is 5.46 Å². The maximum Gasteiger partial charge on any atom is 0.498 e. The van der Waals surface area contributed by atoms with Crippen LogP contribution in [0, 0.1) is 0 Å². The number of amides is 1. The molecule has 2 aliphatic heterocycles. The summed E-state index contributed by atoms with van der Waals surface area (Å²) in [5, 5.41) is -0.829. The molecule has 154 valence electrons. The number of likely N-dealkylation sites (tertiary alicyclic amines) is 1. The molecule has 1 amide bonds. The molecule has 2 saturated heterocycles. The molecule has 0 N–H and O–H groups in total. The van der Waals surface area contributed by atoms with Crippen LogP contribution in [0.2, 0.25) is 0 Å². The molecule has 0 aliphatic carbocycles. The molecule has 0 radical (unpaired) electrons. The van der Waals surface area contributed by atoms with Crippen LogP contribution in [0.25, 0.3) is 0 Å². The van der Waals surface area contributed by atoms with Crippen LogP contribution in [0.4, 0.5) is 0 Å². The SMILES string of the molecule is CC1(C)OB(c2cnc(S(=O)(=O)C3CCN(C(=O)CCl)CC3)nc2)OC1(C)C. The van der Waals surface area contributed by atoms with Gasteiger partial charge in [-0.25, -0.2) is 18.4 Å². The third-order valence-corrected chi connectivity index (χ3v) is 8.07. The Morgan fingerprint density at radius 2 is 1.68 bits per heavy atom. The number of alkyl halides is 1. The molecule has 8 nitrogen and oxygen atoms in total. The normalized spacial score (nSPS) is 22.5. The van der Waals surface area contributed by atoms with Gasteiger partial charge in [-0.3, -0.25) is 4.79 Å². The van der Waals surface area contributed by atoms with Gasteiger partial charge in [0.1, 0.15) is 5.88 Å². The van der Waals surface area contributed by atoms with Crippen LogP contribution in [-0.2, 0) is 23.9 Å². The quantitative estimate of drug-likeness (QED) is 0.396. The maximum absolute atomic E-state index is 12.9. The third kappa shape index (κ3) is 3.92. The molecule has 0 unspecified atom stereocenters. The number of carbonyl (C=O) groups excluding carboxylic acids is 1. The van der Waals surface area contributed by atoms with Crippen molar-refractivity contribution in [3.8, 4) is 0 Å². The molecule has 0 saturated carbocycles. The fourth-order valence-corrected chi connectivity index (χ4v) is 4.92. The number of piperidine rings is 1. The summed E-state index contributed by atoms with van der Waals surface area (Å²) in [6.45, 7) is 8.48. The highest BCUT2D eigenvalue weighted by molar-refractivity contribution is 7.91. The van der Waals surface area contributed by atoms with Gasteiger partial charge in [-0.1, -0.05) is 0 Å². The summed E-state index contributed by atoms with van der Waals surface area (Å²) < 4.78 is 37.6. The van der Waals surface area contributed by atoms with E-state index >= 15 is 0 Å². The smallest absolute Gasteiger partial charge is 0.399 e. The largest absolute Gasteiger partial charge is 0.498 e. The zero-order valence-electron chi connectivity index (χ0n) is 16.5. The van der Waals surface area contributed by atoms with E-state index in [-0.39, 0.29) is 16.9 Å². The lowest BCUT2D eigenvalue weighted by molar-refractivity contribution is -0.129. The molecule has 0 bridgehead atoms. The fraction of sp³-hybridized carbons (Fsp3) is 0.706. The highest BCUT2D eigenvalue weighted by Gasteiger charge is 2.52. The second-order valence-corrected chi connectivity index (χ2v) is 10.5. The molecule has 2 fully saturated rings. The van der Waals surface area contributed by atoms with Crippen molar-refractivity contribution in [3.05, 3.63) is 12.4 Å². The van der Waals surface area contributed by atoms with Gasteiger partial charge >= 0.3 is 7.12 Å².